The molecule has 1 amide bonds. The number of nitrogens with zero attached hydrogens (tertiary/aromatic N) is 2. The second kappa shape index (κ2) is 6.04. The first-order valence-corrected chi connectivity index (χ1v) is 9.54. The van der Waals surface area contributed by atoms with Crippen LogP contribution in [0.5, 0.6) is 0 Å². The number of aromatic nitrogens is 2. The van der Waals surface area contributed by atoms with E-state index in [1.807, 2.05) is 0 Å². The molecule has 0 saturated heterocycles. The van der Waals surface area contributed by atoms with Crippen molar-refractivity contribution in [3.05, 3.63) is 23.0 Å². The van der Waals surface area contributed by atoms with Gasteiger partial charge in [-0.2, -0.15) is 0 Å². The zero-order valence-electron chi connectivity index (χ0n) is 16.0. The monoisotopic (exact) mass is 371 g/mol. The molecule has 2 heterocycles. The first-order chi connectivity index (χ1) is 12.7. The second-order valence-corrected chi connectivity index (χ2v) is 9.11. The van der Waals surface area contributed by atoms with Gasteiger partial charge in [0, 0.05) is 11.6 Å². The average molecular weight is 371 g/mol. The summed E-state index contributed by atoms with van der Waals surface area (Å²) in [6.07, 6.45) is 4.43. The van der Waals surface area contributed by atoms with Crippen LogP contribution in [0, 0.1) is 5.41 Å². The van der Waals surface area contributed by atoms with E-state index in [2.05, 4.69) is 36.2 Å². The third-order valence-electron chi connectivity index (χ3n) is 5.44. The number of carboxylic acids is 1. The summed E-state index contributed by atoms with van der Waals surface area (Å²) in [5.41, 5.74) is 1.10. The van der Waals surface area contributed by atoms with Gasteiger partial charge in [-0.25, -0.2) is 9.78 Å². The Labute approximate surface area is 157 Å². The fourth-order valence-corrected chi connectivity index (χ4v) is 3.63. The van der Waals surface area contributed by atoms with Gasteiger partial charge in [0.1, 0.15) is 5.54 Å². The van der Waals surface area contributed by atoms with Gasteiger partial charge >= 0.3 is 5.97 Å². The van der Waals surface area contributed by atoms with Crippen molar-refractivity contribution in [1.82, 2.24) is 15.5 Å². The molecule has 0 unspecified atom stereocenters. The van der Waals surface area contributed by atoms with E-state index in [1.165, 1.54) is 0 Å². The lowest BCUT2D eigenvalue weighted by molar-refractivity contribution is -0.148. The fourth-order valence-electron chi connectivity index (χ4n) is 3.63. The lowest BCUT2D eigenvalue weighted by Crippen LogP contribution is -2.59. The van der Waals surface area contributed by atoms with Crippen molar-refractivity contribution >= 4 is 23.0 Å². The van der Waals surface area contributed by atoms with E-state index < -0.39 is 11.5 Å². The maximum Gasteiger partial charge on any atom is 0.329 e. The van der Waals surface area contributed by atoms with E-state index in [-0.39, 0.29) is 11.3 Å². The van der Waals surface area contributed by atoms with Gasteiger partial charge in [-0.1, -0.05) is 25.9 Å². The summed E-state index contributed by atoms with van der Waals surface area (Å²) >= 11 is 0. The normalized spacial score (nSPS) is 18.9. The van der Waals surface area contributed by atoms with Crippen LogP contribution in [0.1, 0.15) is 80.5 Å². The first kappa shape index (κ1) is 17.9. The minimum atomic E-state index is -1.16. The molecular weight excluding hydrogens is 346 g/mol. The maximum absolute atomic E-state index is 13.1. The predicted molar refractivity (Wildman–Crippen MR) is 98.6 cm³/mol. The Bertz CT molecular complexity index is 917. The number of carbonyl (C=O) groups excluding carboxylic acids is 1. The Morgan fingerprint density at radius 1 is 1.33 bits per heavy atom. The van der Waals surface area contributed by atoms with E-state index >= 15 is 0 Å². The molecule has 0 spiro atoms. The highest BCUT2D eigenvalue weighted by Gasteiger charge is 2.46. The van der Waals surface area contributed by atoms with Crippen LogP contribution in [-0.2, 0) is 11.2 Å². The number of amides is 1. The number of hydrogen-bond donors (Lipinski definition) is 2. The van der Waals surface area contributed by atoms with Gasteiger partial charge in [-0.3, -0.25) is 4.79 Å². The predicted octanol–water partition coefficient (Wildman–Crippen LogP) is 3.43. The van der Waals surface area contributed by atoms with Gasteiger partial charge in [0.25, 0.3) is 11.6 Å². The quantitative estimate of drug-likeness (QED) is 0.834. The molecule has 144 valence electrons. The third-order valence-corrected chi connectivity index (χ3v) is 5.44. The van der Waals surface area contributed by atoms with E-state index in [4.69, 9.17) is 4.52 Å². The minimum absolute atomic E-state index is 0.0387. The van der Waals surface area contributed by atoms with Gasteiger partial charge in [-0.05, 0) is 50.0 Å². The van der Waals surface area contributed by atoms with Crippen LogP contribution in [-0.4, -0.2) is 32.7 Å². The lowest BCUT2D eigenvalue weighted by Gasteiger charge is -2.38. The summed E-state index contributed by atoms with van der Waals surface area (Å²) in [5, 5.41) is 17.1. The van der Waals surface area contributed by atoms with Crippen LogP contribution in [0.3, 0.4) is 0 Å². The Hall–Kier alpha value is -2.44. The molecule has 0 aliphatic heterocycles. The van der Waals surface area contributed by atoms with Crippen molar-refractivity contribution in [2.45, 2.75) is 70.8 Å². The number of carboxylic acid groups (broad SMARTS) is 1. The highest BCUT2D eigenvalue weighted by molar-refractivity contribution is 6.07. The molecule has 0 atom stereocenters. The highest BCUT2D eigenvalue weighted by Crippen LogP contribution is 2.41. The van der Waals surface area contributed by atoms with Crippen molar-refractivity contribution in [2.24, 2.45) is 5.41 Å². The molecule has 2 aromatic rings. The van der Waals surface area contributed by atoms with Crippen molar-refractivity contribution in [2.75, 3.05) is 0 Å². The zero-order valence-corrected chi connectivity index (χ0v) is 16.0. The summed E-state index contributed by atoms with van der Waals surface area (Å²) in [6, 6.07) is 1.80. The number of aliphatic carboxylic acids is 1. The molecule has 0 aromatic carbocycles. The molecule has 2 N–H and O–H groups in total. The van der Waals surface area contributed by atoms with E-state index in [0.717, 1.165) is 25.0 Å². The summed E-state index contributed by atoms with van der Waals surface area (Å²) in [4.78, 5) is 29.3. The smallest absolute Gasteiger partial charge is 0.329 e. The highest BCUT2D eigenvalue weighted by atomic mass is 16.5. The Kier molecular flexibility index (Phi) is 4.01. The van der Waals surface area contributed by atoms with Gasteiger partial charge in [0.2, 0.25) is 0 Å². The fraction of sp³-hybridized carbons (Fsp3) is 0.600. The Morgan fingerprint density at radius 3 is 2.56 bits per heavy atom. The Morgan fingerprint density at radius 2 is 2.04 bits per heavy atom. The molecule has 4 rings (SSSR count). The molecular formula is C20H25N3O4. The first-order valence-electron chi connectivity index (χ1n) is 9.54. The van der Waals surface area contributed by atoms with Crippen molar-refractivity contribution < 1.29 is 19.2 Å². The van der Waals surface area contributed by atoms with E-state index in [9.17, 15) is 14.7 Å². The van der Waals surface area contributed by atoms with Gasteiger partial charge < -0.3 is 14.9 Å². The van der Waals surface area contributed by atoms with Crippen molar-refractivity contribution in [1.29, 1.82) is 0 Å². The molecule has 2 aromatic heterocycles. The topological polar surface area (TPSA) is 105 Å². The van der Waals surface area contributed by atoms with E-state index in [0.29, 0.717) is 47.5 Å². The summed E-state index contributed by atoms with van der Waals surface area (Å²) < 4.78 is 5.46. The molecule has 7 nitrogen and oxygen atoms in total. The van der Waals surface area contributed by atoms with Crippen LogP contribution in [0.4, 0.5) is 0 Å². The SMILES string of the molecule is CC(C)(C)Cc1noc2nc(C3CC3)cc(C(=O)NC3(C(=O)O)CCC3)c12. The van der Waals surface area contributed by atoms with Crippen LogP contribution in [0.15, 0.2) is 10.6 Å². The molecule has 7 heteroatoms. The number of rotatable bonds is 5. The summed E-state index contributed by atoms with van der Waals surface area (Å²) in [5.74, 6) is -1.02. The minimum Gasteiger partial charge on any atom is -0.480 e. The van der Waals surface area contributed by atoms with Crippen molar-refractivity contribution in [3.8, 4) is 0 Å². The third kappa shape index (κ3) is 3.31. The summed E-state index contributed by atoms with van der Waals surface area (Å²) in [7, 11) is 0. The van der Waals surface area contributed by atoms with Crippen LogP contribution in [0.2, 0.25) is 0 Å². The molecule has 2 fully saturated rings. The molecule has 0 radical (unpaired) electrons. The van der Waals surface area contributed by atoms with Gasteiger partial charge in [0.05, 0.1) is 16.6 Å². The van der Waals surface area contributed by atoms with E-state index in [1.54, 1.807) is 6.07 Å². The van der Waals surface area contributed by atoms with Crippen LogP contribution < -0.4 is 5.32 Å². The van der Waals surface area contributed by atoms with Crippen LogP contribution >= 0.6 is 0 Å². The molecule has 2 saturated carbocycles. The molecule has 0 bridgehead atoms. The zero-order chi connectivity index (χ0) is 19.4. The standard InChI is InChI=1S/C20H25N3O4/c1-19(2,3)10-14-15-12(16(24)22-20(18(25)26)7-4-8-20)9-13(11-5-6-11)21-17(15)27-23-14/h9,11H,4-8,10H2,1-3H3,(H,22,24)(H,25,26). The van der Waals surface area contributed by atoms with Gasteiger partial charge in [0.15, 0.2) is 0 Å². The van der Waals surface area contributed by atoms with Crippen LogP contribution in [0.25, 0.3) is 11.1 Å². The molecule has 2 aliphatic carbocycles. The largest absolute Gasteiger partial charge is 0.480 e. The number of hydrogen-bond acceptors (Lipinski definition) is 5. The Balaban J connectivity index is 1.77. The number of nitrogens with one attached hydrogen (secondary N) is 1. The number of carbonyl (C=O) groups is 2. The molecule has 2 aliphatic rings. The maximum atomic E-state index is 13.1. The lowest BCUT2D eigenvalue weighted by atomic mass is 9.76. The number of pyridine rings is 1. The van der Waals surface area contributed by atoms with Gasteiger partial charge in [-0.15, -0.1) is 0 Å². The molecule has 27 heavy (non-hydrogen) atoms. The summed E-state index contributed by atoms with van der Waals surface area (Å²) in [6.45, 7) is 6.27. The van der Waals surface area contributed by atoms with Crippen molar-refractivity contribution in [3.63, 3.8) is 0 Å². The second-order valence-electron chi connectivity index (χ2n) is 9.11. The average Bonchev–Trinajstić information content (AvgIpc) is 3.31. The number of fused-ring (bicyclic) bond motifs is 1.